The smallest absolute Gasteiger partial charge is 0.190 e. The minimum Gasteiger partial charge on any atom is -0.223 e. The SMILES string of the molecule is Cc1ccc(Cc2cccc(-c3ccc(S(=O)(=O)C4CCCCC4)s3)c2)cc1C. The van der Waals surface area contributed by atoms with E-state index < -0.39 is 9.84 Å². The fourth-order valence-corrected chi connectivity index (χ4v) is 7.57. The molecule has 0 spiro atoms. The summed E-state index contributed by atoms with van der Waals surface area (Å²) in [6, 6.07) is 18.9. The summed E-state index contributed by atoms with van der Waals surface area (Å²) < 4.78 is 26.5. The summed E-state index contributed by atoms with van der Waals surface area (Å²) in [4.78, 5) is 1.03. The molecule has 152 valence electrons. The quantitative estimate of drug-likeness (QED) is 0.455. The molecule has 1 heterocycles. The van der Waals surface area contributed by atoms with Gasteiger partial charge in [-0.2, -0.15) is 0 Å². The number of aryl methyl sites for hydroxylation is 2. The van der Waals surface area contributed by atoms with E-state index in [0.29, 0.717) is 4.21 Å². The highest BCUT2D eigenvalue weighted by Crippen LogP contribution is 2.36. The van der Waals surface area contributed by atoms with E-state index >= 15 is 0 Å². The summed E-state index contributed by atoms with van der Waals surface area (Å²) in [5.74, 6) is 0. The van der Waals surface area contributed by atoms with Crippen LogP contribution in [0.25, 0.3) is 10.4 Å². The van der Waals surface area contributed by atoms with Crippen LogP contribution in [0, 0.1) is 13.8 Å². The van der Waals surface area contributed by atoms with Crippen LogP contribution in [-0.4, -0.2) is 13.7 Å². The van der Waals surface area contributed by atoms with Crippen LogP contribution in [0.4, 0.5) is 0 Å². The first-order valence-electron chi connectivity index (χ1n) is 10.4. The molecule has 2 aromatic carbocycles. The summed E-state index contributed by atoms with van der Waals surface area (Å²) in [5.41, 5.74) is 6.27. The zero-order chi connectivity index (χ0) is 20.4. The first kappa shape index (κ1) is 20.4. The molecule has 29 heavy (non-hydrogen) atoms. The number of benzene rings is 2. The predicted molar refractivity (Wildman–Crippen MR) is 123 cm³/mol. The lowest BCUT2D eigenvalue weighted by molar-refractivity contribution is 0.484. The van der Waals surface area contributed by atoms with Crippen molar-refractivity contribution in [1.82, 2.24) is 0 Å². The molecule has 2 nitrogen and oxygen atoms in total. The third-order valence-electron chi connectivity index (χ3n) is 6.04. The van der Waals surface area contributed by atoms with E-state index in [9.17, 15) is 8.42 Å². The van der Waals surface area contributed by atoms with Crippen LogP contribution >= 0.6 is 11.3 Å². The van der Waals surface area contributed by atoms with Crippen molar-refractivity contribution in [3.63, 3.8) is 0 Å². The normalized spacial score (nSPS) is 15.5. The fraction of sp³-hybridized carbons (Fsp3) is 0.360. The lowest BCUT2D eigenvalue weighted by atomic mass is 9.99. The summed E-state index contributed by atoms with van der Waals surface area (Å²) in [7, 11) is -3.20. The van der Waals surface area contributed by atoms with E-state index in [4.69, 9.17) is 0 Å². The van der Waals surface area contributed by atoms with Crippen molar-refractivity contribution in [3.05, 3.63) is 76.9 Å². The molecular weight excluding hydrogens is 396 g/mol. The Kier molecular flexibility index (Phi) is 5.93. The van der Waals surface area contributed by atoms with Crippen LogP contribution in [-0.2, 0) is 16.3 Å². The average molecular weight is 425 g/mol. The third kappa shape index (κ3) is 4.49. The van der Waals surface area contributed by atoms with Gasteiger partial charge in [-0.25, -0.2) is 8.42 Å². The summed E-state index contributed by atoms with van der Waals surface area (Å²) in [5, 5.41) is -0.195. The van der Waals surface area contributed by atoms with E-state index in [1.807, 2.05) is 6.07 Å². The van der Waals surface area contributed by atoms with Gasteiger partial charge < -0.3 is 0 Å². The maximum Gasteiger partial charge on any atom is 0.190 e. The van der Waals surface area contributed by atoms with E-state index in [1.54, 1.807) is 6.07 Å². The van der Waals surface area contributed by atoms with Gasteiger partial charge in [-0.1, -0.05) is 61.7 Å². The van der Waals surface area contributed by atoms with Gasteiger partial charge in [-0.3, -0.25) is 0 Å². The van der Waals surface area contributed by atoms with E-state index in [2.05, 4.69) is 56.3 Å². The van der Waals surface area contributed by atoms with Gasteiger partial charge in [0.25, 0.3) is 0 Å². The average Bonchev–Trinajstić information content (AvgIpc) is 3.23. The second-order valence-electron chi connectivity index (χ2n) is 8.22. The largest absolute Gasteiger partial charge is 0.223 e. The Balaban J connectivity index is 1.56. The van der Waals surface area contributed by atoms with Crippen LogP contribution in [0.15, 0.2) is 58.8 Å². The number of hydrogen-bond donors (Lipinski definition) is 0. The standard InChI is InChI=1S/C25H28O2S2/c1-18-11-12-21(15-19(18)2)16-20-7-6-8-22(17-20)24-13-14-25(28-24)29(26,27)23-9-4-3-5-10-23/h6-8,11-15,17,23H,3-5,9-10,16H2,1-2H3. The van der Waals surface area contributed by atoms with Crippen LogP contribution in [0.1, 0.15) is 54.4 Å². The van der Waals surface area contributed by atoms with Crippen molar-refractivity contribution < 1.29 is 8.42 Å². The lowest BCUT2D eigenvalue weighted by Crippen LogP contribution is -2.23. The van der Waals surface area contributed by atoms with Gasteiger partial charge in [0.15, 0.2) is 9.84 Å². The van der Waals surface area contributed by atoms with Gasteiger partial charge in [0.1, 0.15) is 4.21 Å². The molecule has 1 aromatic heterocycles. The van der Waals surface area contributed by atoms with Crippen molar-refractivity contribution in [3.8, 4) is 10.4 Å². The second-order valence-corrected chi connectivity index (χ2v) is 11.8. The maximum atomic E-state index is 13.0. The van der Waals surface area contributed by atoms with Gasteiger partial charge in [-0.15, -0.1) is 11.3 Å². The highest BCUT2D eigenvalue weighted by atomic mass is 32.2. The van der Waals surface area contributed by atoms with Crippen LogP contribution < -0.4 is 0 Å². The van der Waals surface area contributed by atoms with E-state index in [-0.39, 0.29) is 5.25 Å². The molecule has 1 fully saturated rings. The molecule has 1 aliphatic carbocycles. The summed E-state index contributed by atoms with van der Waals surface area (Å²) >= 11 is 1.42. The van der Waals surface area contributed by atoms with Gasteiger partial charge in [0.05, 0.1) is 5.25 Å². The minimum atomic E-state index is -3.20. The Bertz CT molecular complexity index is 1100. The zero-order valence-electron chi connectivity index (χ0n) is 17.1. The highest BCUT2D eigenvalue weighted by molar-refractivity contribution is 7.94. The maximum absolute atomic E-state index is 13.0. The number of hydrogen-bond acceptors (Lipinski definition) is 3. The predicted octanol–water partition coefficient (Wildman–Crippen LogP) is 6.73. The van der Waals surface area contributed by atoms with Gasteiger partial charge in [0, 0.05) is 4.88 Å². The van der Waals surface area contributed by atoms with Crippen LogP contribution in [0.3, 0.4) is 0 Å². The molecule has 1 saturated carbocycles. The molecule has 0 radical (unpaired) electrons. The summed E-state index contributed by atoms with van der Waals surface area (Å²) in [6.45, 7) is 4.28. The van der Waals surface area contributed by atoms with Crippen LogP contribution in [0.2, 0.25) is 0 Å². The molecule has 3 aromatic rings. The van der Waals surface area contributed by atoms with E-state index in [1.165, 1.54) is 33.6 Å². The minimum absolute atomic E-state index is 0.195. The Morgan fingerprint density at radius 3 is 2.38 bits per heavy atom. The Labute approximate surface area is 178 Å². The second kappa shape index (κ2) is 8.45. The third-order valence-corrected chi connectivity index (χ3v) is 9.97. The van der Waals surface area contributed by atoms with Crippen molar-refractivity contribution in [2.24, 2.45) is 0 Å². The Morgan fingerprint density at radius 2 is 1.62 bits per heavy atom. The van der Waals surface area contributed by atoms with Crippen molar-refractivity contribution in [2.75, 3.05) is 0 Å². The molecule has 4 rings (SSSR count). The molecule has 1 aliphatic rings. The number of thiophene rings is 1. The summed E-state index contributed by atoms with van der Waals surface area (Å²) in [6.07, 6.45) is 5.72. The number of rotatable bonds is 5. The molecule has 0 N–H and O–H groups in total. The number of sulfone groups is 1. The van der Waals surface area contributed by atoms with E-state index in [0.717, 1.165) is 49.0 Å². The van der Waals surface area contributed by atoms with Gasteiger partial charge in [-0.05, 0) is 73.1 Å². The fourth-order valence-electron chi connectivity index (χ4n) is 4.15. The monoisotopic (exact) mass is 424 g/mol. The van der Waals surface area contributed by atoms with Gasteiger partial charge >= 0.3 is 0 Å². The molecule has 0 aliphatic heterocycles. The molecule has 0 atom stereocenters. The molecule has 0 amide bonds. The first-order valence-corrected chi connectivity index (χ1v) is 12.8. The van der Waals surface area contributed by atoms with Crippen molar-refractivity contribution in [1.29, 1.82) is 0 Å². The molecule has 4 heteroatoms. The zero-order valence-corrected chi connectivity index (χ0v) is 18.8. The topological polar surface area (TPSA) is 34.1 Å². The molecule has 0 unspecified atom stereocenters. The lowest BCUT2D eigenvalue weighted by Gasteiger charge is -2.20. The Hall–Kier alpha value is -1.91. The Morgan fingerprint density at radius 1 is 0.862 bits per heavy atom. The molecule has 0 saturated heterocycles. The highest BCUT2D eigenvalue weighted by Gasteiger charge is 2.30. The molecule has 0 bridgehead atoms. The first-order chi connectivity index (χ1) is 13.9. The van der Waals surface area contributed by atoms with Crippen LogP contribution in [0.5, 0.6) is 0 Å². The van der Waals surface area contributed by atoms with Crippen molar-refractivity contribution >= 4 is 21.2 Å². The molecular formula is C25H28O2S2. The van der Waals surface area contributed by atoms with Crippen molar-refractivity contribution in [2.45, 2.75) is 61.8 Å². The van der Waals surface area contributed by atoms with Gasteiger partial charge in [0.2, 0.25) is 0 Å².